The van der Waals surface area contributed by atoms with Crippen molar-refractivity contribution in [2.24, 2.45) is 0 Å². The van der Waals surface area contributed by atoms with Crippen molar-refractivity contribution in [1.29, 1.82) is 0 Å². The van der Waals surface area contributed by atoms with Gasteiger partial charge in [-0.05, 0) is 29.7 Å². The van der Waals surface area contributed by atoms with E-state index in [1.165, 1.54) is 0 Å². The van der Waals surface area contributed by atoms with Crippen LogP contribution < -0.4 is 4.74 Å². The molecule has 17 heavy (non-hydrogen) atoms. The Morgan fingerprint density at radius 1 is 1.53 bits per heavy atom. The van der Waals surface area contributed by atoms with Crippen molar-refractivity contribution in [3.8, 4) is 5.75 Å². The molecule has 6 heteroatoms. The summed E-state index contributed by atoms with van der Waals surface area (Å²) >= 11 is 7.04. The van der Waals surface area contributed by atoms with Gasteiger partial charge in [-0.25, -0.2) is 0 Å². The number of methoxy groups -OCH3 is 1. The number of carbonyl (C=O) groups is 1. The number of ether oxygens (including phenoxy) is 1. The van der Waals surface area contributed by atoms with Crippen LogP contribution in [0.1, 0.15) is 16.1 Å². The summed E-state index contributed by atoms with van der Waals surface area (Å²) in [7, 11) is 1.56. The Morgan fingerprint density at radius 2 is 2.35 bits per heavy atom. The Labute approximate surface area is 107 Å². The summed E-state index contributed by atoms with van der Waals surface area (Å²) in [6.07, 6.45) is 0.204. The predicted molar refractivity (Wildman–Crippen MR) is 65.9 cm³/mol. The van der Waals surface area contributed by atoms with Crippen LogP contribution in [-0.2, 0) is 6.42 Å². The van der Waals surface area contributed by atoms with Gasteiger partial charge in [0, 0.05) is 22.4 Å². The number of aromatic nitrogens is 2. The molecule has 0 aliphatic heterocycles. The fraction of sp³-hybridized carbons (Fsp3) is 0.182. The molecule has 0 radical (unpaired) electrons. The van der Waals surface area contributed by atoms with E-state index in [2.05, 4.69) is 9.59 Å². The van der Waals surface area contributed by atoms with E-state index in [0.717, 1.165) is 17.1 Å². The Hall–Kier alpha value is -1.46. The third-order valence-corrected chi connectivity index (χ3v) is 2.98. The van der Waals surface area contributed by atoms with Crippen LogP contribution in [0.4, 0.5) is 0 Å². The van der Waals surface area contributed by atoms with E-state index in [9.17, 15) is 4.79 Å². The van der Waals surface area contributed by atoms with Crippen LogP contribution in [0.25, 0.3) is 0 Å². The highest BCUT2D eigenvalue weighted by Crippen LogP contribution is 2.23. The van der Waals surface area contributed by atoms with Crippen LogP contribution >= 0.6 is 23.1 Å². The highest BCUT2D eigenvalue weighted by Gasteiger charge is 2.13. The topological polar surface area (TPSA) is 52.1 Å². The van der Waals surface area contributed by atoms with Crippen LogP contribution in [0, 0.1) is 0 Å². The Morgan fingerprint density at radius 3 is 3.00 bits per heavy atom. The fourth-order valence-corrected chi connectivity index (χ4v) is 2.09. The van der Waals surface area contributed by atoms with Crippen molar-refractivity contribution in [2.45, 2.75) is 6.42 Å². The van der Waals surface area contributed by atoms with Crippen molar-refractivity contribution < 1.29 is 9.53 Å². The number of hydrogen-bond acceptors (Lipinski definition) is 5. The van der Waals surface area contributed by atoms with E-state index >= 15 is 0 Å². The smallest absolute Gasteiger partial charge is 0.188 e. The quantitative estimate of drug-likeness (QED) is 0.800. The molecule has 0 aliphatic rings. The highest BCUT2D eigenvalue weighted by atomic mass is 35.5. The molecule has 0 saturated carbocycles. The monoisotopic (exact) mass is 268 g/mol. The zero-order chi connectivity index (χ0) is 12.3. The third-order valence-electron chi connectivity index (χ3n) is 2.24. The first-order chi connectivity index (χ1) is 8.20. The molecule has 0 spiro atoms. The second-order valence-corrected chi connectivity index (χ2v) is 4.39. The third kappa shape index (κ3) is 2.81. The molecule has 0 saturated heterocycles. The molecule has 0 atom stereocenters. The minimum absolute atomic E-state index is 0.0979. The molecule has 0 bridgehead atoms. The van der Waals surface area contributed by atoms with Gasteiger partial charge in [-0.1, -0.05) is 16.1 Å². The number of benzene rings is 1. The van der Waals surface area contributed by atoms with Crippen LogP contribution in [-0.4, -0.2) is 22.5 Å². The second-order valence-electron chi connectivity index (χ2n) is 3.35. The van der Waals surface area contributed by atoms with Crippen molar-refractivity contribution >= 4 is 28.9 Å². The zero-order valence-electron chi connectivity index (χ0n) is 9.01. The van der Waals surface area contributed by atoms with E-state index in [1.807, 2.05) is 0 Å². The average Bonchev–Trinajstić information content (AvgIpc) is 2.83. The molecule has 2 aromatic rings. The van der Waals surface area contributed by atoms with Gasteiger partial charge in [0.15, 0.2) is 5.78 Å². The Kier molecular flexibility index (Phi) is 3.71. The zero-order valence-corrected chi connectivity index (χ0v) is 10.6. The number of halogens is 1. The Bertz CT molecular complexity index is 528. The van der Waals surface area contributed by atoms with E-state index in [1.54, 1.807) is 30.7 Å². The van der Waals surface area contributed by atoms with Gasteiger partial charge in [-0.2, -0.15) is 0 Å². The predicted octanol–water partition coefficient (Wildman–Crippen LogP) is 2.63. The van der Waals surface area contributed by atoms with Crippen LogP contribution in [0.5, 0.6) is 5.75 Å². The average molecular weight is 269 g/mol. The molecule has 1 aromatic carbocycles. The second kappa shape index (κ2) is 5.25. The summed E-state index contributed by atoms with van der Waals surface area (Å²) in [5.41, 5.74) is 1.12. The van der Waals surface area contributed by atoms with Crippen LogP contribution in [0.3, 0.4) is 0 Å². The molecule has 1 aromatic heterocycles. The molecular weight excluding hydrogens is 260 g/mol. The van der Waals surface area contributed by atoms with Crippen molar-refractivity contribution in [3.05, 3.63) is 39.9 Å². The number of rotatable bonds is 4. The number of ketones is 1. The van der Waals surface area contributed by atoms with E-state index in [4.69, 9.17) is 16.3 Å². The summed E-state index contributed by atoms with van der Waals surface area (Å²) in [5, 5.41) is 5.93. The summed E-state index contributed by atoms with van der Waals surface area (Å²) in [6.45, 7) is 0. The summed E-state index contributed by atoms with van der Waals surface area (Å²) in [5.74, 6) is 0.547. The lowest BCUT2D eigenvalue weighted by Crippen LogP contribution is -2.05. The molecule has 0 N–H and O–H groups in total. The van der Waals surface area contributed by atoms with E-state index in [0.29, 0.717) is 16.5 Å². The summed E-state index contributed by atoms with van der Waals surface area (Å²) in [6, 6.07) is 5.18. The van der Waals surface area contributed by atoms with Crippen LogP contribution in [0.15, 0.2) is 23.6 Å². The summed E-state index contributed by atoms with van der Waals surface area (Å²) in [4.78, 5) is 11.9. The van der Waals surface area contributed by atoms with Gasteiger partial charge in [-0.15, -0.1) is 5.10 Å². The minimum Gasteiger partial charge on any atom is -0.496 e. The molecule has 0 fully saturated rings. The van der Waals surface area contributed by atoms with Crippen molar-refractivity contribution in [2.75, 3.05) is 7.11 Å². The SMILES string of the molecule is COc1ccc(Cl)cc1CC(=O)c1csnn1. The van der Waals surface area contributed by atoms with E-state index in [-0.39, 0.29) is 12.2 Å². The molecule has 1 heterocycles. The molecular formula is C11H9ClN2O2S. The van der Waals surface area contributed by atoms with Gasteiger partial charge in [0.25, 0.3) is 0 Å². The maximum absolute atomic E-state index is 11.9. The lowest BCUT2D eigenvalue weighted by Gasteiger charge is -2.07. The fourth-order valence-electron chi connectivity index (χ4n) is 1.43. The number of nitrogens with zero attached hydrogens (tertiary/aromatic N) is 2. The molecule has 0 unspecified atom stereocenters. The maximum atomic E-state index is 11.9. The van der Waals surface area contributed by atoms with Crippen LogP contribution in [0.2, 0.25) is 5.02 Å². The highest BCUT2D eigenvalue weighted by molar-refractivity contribution is 7.03. The molecule has 4 nitrogen and oxygen atoms in total. The van der Waals surface area contributed by atoms with Gasteiger partial charge in [0.1, 0.15) is 11.4 Å². The largest absolute Gasteiger partial charge is 0.496 e. The van der Waals surface area contributed by atoms with Gasteiger partial charge in [0.2, 0.25) is 0 Å². The molecule has 0 amide bonds. The number of Topliss-reactive ketones (excluding diaryl/α,β-unsaturated/α-hetero) is 1. The molecule has 88 valence electrons. The number of hydrogen-bond donors (Lipinski definition) is 0. The first-order valence-electron chi connectivity index (χ1n) is 4.83. The summed E-state index contributed by atoms with van der Waals surface area (Å²) < 4.78 is 8.83. The van der Waals surface area contributed by atoms with Crippen molar-refractivity contribution in [3.63, 3.8) is 0 Å². The maximum Gasteiger partial charge on any atom is 0.188 e. The van der Waals surface area contributed by atoms with Gasteiger partial charge < -0.3 is 4.74 Å². The first kappa shape index (κ1) is 12.0. The number of carbonyl (C=O) groups excluding carboxylic acids is 1. The van der Waals surface area contributed by atoms with Gasteiger partial charge in [0.05, 0.1) is 7.11 Å². The normalized spacial score (nSPS) is 10.2. The Balaban J connectivity index is 2.23. The van der Waals surface area contributed by atoms with Gasteiger partial charge >= 0.3 is 0 Å². The van der Waals surface area contributed by atoms with Gasteiger partial charge in [-0.3, -0.25) is 4.79 Å². The standard InChI is InChI=1S/C11H9ClN2O2S/c1-16-11-3-2-8(12)4-7(11)5-10(15)9-6-17-14-13-9/h2-4,6H,5H2,1H3. The lowest BCUT2D eigenvalue weighted by molar-refractivity contribution is 0.0987. The molecule has 0 aliphatic carbocycles. The molecule has 2 rings (SSSR count). The van der Waals surface area contributed by atoms with E-state index < -0.39 is 0 Å². The first-order valence-corrected chi connectivity index (χ1v) is 6.05. The minimum atomic E-state index is -0.0979. The lowest BCUT2D eigenvalue weighted by atomic mass is 10.1. The van der Waals surface area contributed by atoms with Crippen molar-refractivity contribution in [1.82, 2.24) is 9.59 Å².